The monoisotopic (exact) mass is 384 g/mol. The SMILES string of the molecule is CC(=O)O[C@H]1C[C@H](n2cnc3c(Cl)nc(Cl)nc32)O[C@@H]1C(F)(F)F. The third kappa shape index (κ3) is 3.13. The molecule has 0 bridgehead atoms. The average Bonchev–Trinajstić information content (AvgIpc) is 3.01. The summed E-state index contributed by atoms with van der Waals surface area (Å²) in [6.07, 6.45) is -8.54. The summed E-state index contributed by atoms with van der Waals surface area (Å²) in [6.45, 7) is 1.03. The third-order valence-corrected chi connectivity index (χ3v) is 3.81. The summed E-state index contributed by atoms with van der Waals surface area (Å²) in [7, 11) is 0. The van der Waals surface area contributed by atoms with Gasteiger partial charge < -0.3 is 9.47 Å². The Balaban J connectivity index is 1.97. The lowest BCUT2D eigenvalue weighted by Crippen LogP contribution is -2.39. The van der Waals surface area contributed by atoms with Crippen molar-refractivity contribution < 1.29 is 27.4 Å². The zero-order chi connectivity index (χ0) is 17.6. The summed E-state index contributed by atoms with van der Waals surface area (Å²) in [5, 5.41) is -0.221. The summed E-state index contributed by atoms with van der Waals surface area (Å²) in [5.41, 5.74) is 0.290. The van der Waals surface area contributed by atoms with Crippen LogP contribution in [0.1, 0.15) is 19.6 Å². The Morgan fingerprint density at radius 1 is 1.42 bits per heavy atom. The van der Waals surface area contributed by atoms with Crippen molar-refractivity contribution in [3.8, 4) is 0 Å². The highest BCUT2D eigenvalue weighted by molar-refractivity contribution is 6.35. The standard InChI is InChI=1S/C12H9Cl2F3N4O3/c1-4(22)23-5-2-6(24-8(5)12(15,16)17)21-3-18-7-9(13)19-11(14)20-10(7)21/h3,5-6,8H,2H2,1H3/t5-,6+,8-/m0/s1. The van der Waals surface area contributed by atoms with Crippen LogP contribution in [-0.2, 0) is 14.3 Å². The minimum atomic E-state index is -4.70. The lowest BCUT2D eigenvalue weighted by atomic mass is 10.1. The highest BCUT2D eigenvalue weighted by Gasteiger charge is 2.54. The van der Waals surface area contributed by atoms with Crippen molar-refractivity contribution in [3.05, 3.63) is 16.8 Å². The van der Waals surface area contributed by atoms with Crippen LogP contribution in [0.25, 0.3) is 11.2 Å². The molecule has 1 fully saturated rings. The Morgan fingerprint density at radius 3 is 2.75 bits per heavy atom. The van der Waals surface area contributed by atoms with Crippen LogP contribution in [0.4, 0.5) is 13.2 Å². The van der Waals surface area contributed by atoms with Crippen molar-refractivity contribution in [2.45, 2.75) is 38.0 Å². The van der Waals surface area contributed by atoms with E-state index in [1.54, 1.807) is 0 Å². The van der Waals surface area contributed by atoms with Crippen molar-refractivity contribution in [2.24, 2.45) is 0 Å². The van der Waals surface area contributed by atoms with Gasteiger partial charge in [0, 0.05) is 13.3 Å². The summed E-state index contributed by atoms with van der Waals surface area (Å²) >= 11 is 11.6. The second kappa shape index (κ2) is 6.01. The summed E-state index contributed by atoms with van der Waals surface area (Å²) in [6, 6.07) is 0. The number of hydrogen-bond donors (Lipinski definition) is 0. The smallest absolute Gasteiger partial charge is 0.418 e. The van der Waals surface area contributed by atoms with Gasteiger partial charge in [-0.1, -0.05) is 11.6 Å². The van der Waals surface area contributed by atoms with E-state index in [0.29, 0.717) is 0 Å². The first kappa shape index (κ1) is 17.2. The molecule has 12 heteroatoms. The lowest BCUT2D eigenvalue weighted by molar-refractivity contribution is -0.238. The number of ether oxygens (including phenoxy) is 2. The number of halogens is 5. The largest absolute Gasteiger partial charge is 0.459 e. The predicted molar refractivity (Wildman–Crippen MR) is 75.5 cm³/mol. The molecule has 130 valence electrons. The highest BCUT2D eigenvalue weighted by Crippen LogP contribution is 2.40. The first-order chi connectivity index (χ1) is 11.2. The Hall–Kier alpha value is -1.65. The van der Waals surface area contributed by atoms with Crippen molar-refractivity contribution in [2.75, 3.05) is 0 Å². The summed E-state index contributed by atoms with van der Waals surface area (Å²) in [4.78, 5) is 22.6. The Morgan fingerprint density at radius 2 is 2.12 bits per heavy atom. The van der Waals surface area contributed by atoms with Crippen LogP contribution in [0.5, 0.6) is 0 Å². The number of esters is 1. The molecule has 7 nitrogen and oxygen atoms in total. The Bertz CT molecular complexity index is 798. The molecule has 24 heavy (non-hydrogen) atoms. The number of hydrogen-bond acceptors (Lipinski definition) is 6. The molecule has 0 spiro atoms. The molecule has 3 heterocycles. The maximum Gasteiger partial charge on any atom is 0.418 e. The molecule has 0 aromatic carbocycles. The van der Waals surface area contributed by atoms with E-state index in [1.165, 1.54) is 10.9 Å². The van der Waals surface area contributed by atoms with Gasteiger partial charge in [-0.05, 0) is 11.6 Å². The molecule has 0 N–H and O–H groups in total. The van der Waals surface area contributed by atoms with E-state index >= 15 is 0 Å². The Labute approximate surface area is 142 Å². The van der Waals surface area contributed by atoms with E-state index in [9.17, 15) is 18.0 Å². The number of carbonyl (C=O) groups is 1. The summed E-state index contributed by atoms with van der Waals surface area (Å²) < 4.78 is 50.4. The van der Waals surface area contributed by atoms with Crippen LogP contribution in [-0.4, -0.2) is 43.9 Å². The van der Waals surface area contributed by atoms with Gasteiger partial charge in [0.15, 0.2) is 16.9 Å². The van der Waals surface area contributed by atoms with Crippen LogP contribution in [0, 0.1) is 0 Å². The van der Waals surface area contributed by atoms with Gasteiger partial charge in [0.1, 0.15) is 17.8 Å². The molecule has 2 aromatic rings. The number of aromatic nitrogens is 4. The number of carbonyl (C=O) groups excluding carboxylic acids is 1. The first-order valence-corrected chi connectivity index (χ1v) is 7.37. The highest BCUT2D eigenvalue weighted by atomic mass is 35.5. The van der Waals surface area contributed by atoms with Crippen LogP contribution in [0.3, 0.4) is 0 Å². The lowest BCUT2D eigenvalue weighted by Gasteiger charge is -2.20. The molecule has 1 aliphatic heterocycles. The molecular weight excluding hydrogens is 376 g/mol. The predicted octanol–water partition coefficient (Wildman–Crippen LogP) is 2.91. The minimum Gasteiger partial charge on any atom is -0.459 e. The Kier molecular flexibility index (Phi) is 4.30. The third-order valence-electron chi connectivity index (χ3n) is 3.38. The van der Waals surface area contributed by atoms with E-state index in [-0.39, 0.29) is 28.0 Å². The van der Waals surface area contributed by atoms with E-state index in [1.807, 2.05) is 0 Å². The number of imidazole rings is 1. The quantitative estimate of drug-likeness (QED) is 0.450. The van der Waals surface area contributed by atoms with Crippen LogP contribution < -0.4 is 0 Å². The molecule has 3 rings (SSSR count). The number of alkyl halides is 3. The van der Waals surface area contributed by atoms with Crippen LogP contribution in [0.15, 0.2) is 6.33 Å². The van der Waals surface area contributed by atoms with Crippen molar-refractivity contribution >= 4 is 40.3 Å². The van der Waals surface area contributed by atoms with Gasteiger partial charge in [-0.2, -0.15) is 18.2 Å². The molecule has 2 aromatic heterocycles. The molecule has 0 aliphatic carbocycles. The van der Waals surface area contributed by atoms with Gasteiger partial charge in [0.05, 0.1) is 6.33 Å². The maximum absolute atomic E-state index is 13.1. The number of fused-ring (bicyclic) bond motifs is 1. The summed E-state index contributed by atoms with van der Waals surface area (Å²) in [5.74, 6) is -0.831. The molecule has 1 aliphatic rings. The van der Waals surface area contributed by atoms with E-state index < -0.39 is 30.6 Å². The fraction of sp³-hybridized carbons (Fsp3) is 0.500. The normalized spacial score (nSPS) is 24.5. The van der Waals surface area contributed by atoms with Crippen molar-refractivity contribution in [3.63, 3.8) is 0 Å². The minimum absolute atomic E-state index is 0.0364. The zero-order valence-corrected chi connectivity index (χ0v) is 13.4. The van der Waals surface area contributed by atoms with Gasteiger partial charge in [0.2, 0.25) is 5.28 Å². The van der Waals surface area contributed by atoms with Gasteiger partial charge in [-0.15, -0.1) is 0 Å². The van der Waals surface area contributed by atoms with Gasteiger partial charge in [0.25, 0.3) is 0 Å². The molecule has 0 amide bonds. The van der Waals surface area contributed by atoms with E-state index in [4.69, 9.17) is 32.7 Å². The van der Waals surface area contributed by atoms with Crippen LogP contribution in [0.2, 0.25) is 10.4 Å². The van der Waals surface area contributed by atoms with E-state index in [0.717, 1.165) is 6.92 Å². The molecule has 3 atom stereocenters. The molecule has 1 saturated heterocycles. The number of nitrogens with zero attached hydrogens (tertiary/aromatic N) is 4. The van der Waals surface area contributed by atoms with Crippen molar-refractivity contribution in [1.29, 1.82) is 0 Å². The zero-order valence-electron chi connectivity index (χ0n) is 11.9. The second-order valence-corrected chi connectivity index (χ2v) is 5.74. The van der Waals surface area contributed by atoms with Crippen LogP contribution >= 0.6 is 23.2 Å². The average molecular weight is 385 g/mol. The van der Waals surface area contributed by atoms with Gasteiger partial charge >= 0.3 is 12.1 Å². The topological polar surface area (TPSA) is 79.1 Å². The van der Waals surface area contributed by atoms with Gasteiger partial charge in [-0.25, -0.2) is 9.97 Å². The maximum atomic E-state index is 13.1. The number of rotatable bonds is 2. The van der Waals surface area contributed by atoms with Gasteiger partial charge in [-0.3, -0.25) is 9.36 Å². The molecule has 0 radical (unpaired) electrons. The van der Waals surface area contributed by atoms with Crippen molar-refractivity contribution in [1.82, 2.24) is 19.5 Å². The molecular formula is C12H9Cl2F3N4O3. The fourth-order valence-corrected chi connectivity index (χ4v) is 2.91. The molecule has 0 saturated carbocycles. The van der Waals surface area contributed by atoms with E-state index in [2.05, 4.69) is 15.0 Å². The first-order valence-electron chi connectivity index (χ1n) is 6.62. The molecule has 0 unspecified atom stereocenters. The second-order valence-electron chi connectivity index (χ2n) is 5.04. The fourth-order valence-electron chi connectivity index (χ4n) is 2.49.